The number of alkyl halides is 3. The number of carbonyl (C=O) groups excluding carboxylic acids is 2. The molecule has 0 unspecified atom stereocenters. The average molecular weight is 422 g/mol. The standard InChI is InChI=1S/C22H22F4N2O2/c1-14(29)27-18-5-2-15(3-6-18)12-16-8-10-28(11-9-16)21(30)17-4-7-19(20(23)13-17)22(24,25)26/h2-7,13,16H,8-12H2,1H3,(H,27,29). The van der Waals surface area contributed by atoms with Gasteiger partial charge in [-0.1, -0.05) is 12.1 Å². The van der Waals surface area contributed by atoms with E-state index in [1.807, 2.05) is 24.3 Å². The molecule has 160 valence electrons. The van der Waals surface area contributed by atoms with Gasteiger partial charge in [-0.25, -0.2) is 4.39 Å². The van der Waals surface area contributed by atoms with Crippen LogP contribution in [0, 0.1) is 11.7 Å². The summed E-state index contributed by atoms with van der Waals surface area (Å²) in [6, 6.07) is 9.88. The molecule has 0 bridgehead atoms. The minimum atomic E-state index is -4.79. The van der Waals surface area contributed by atoms with Crippen LogP contribution in [-0.4, -0.2) is 29.8 Å². The molecular weight excluding hydrogens is 400 g/mol. The minimum Gasteiger partial charge on any atom is -0.339 e. The van der Waals surface area contributed by atoms with Crippen LogP contribution in [0.4, 0.5) is 23.2 Å². The van der Waals surface area contributed by atoms with Crippen LogP contribution in [0.1, 0.15) is 41.3 Å². The lowest BCUT2D eigenvalue weighted by Crippen LogP contribution is -2.39. The van der Waals surface area contributed by atoms with E-state index >= 15 is 0 Å². The molecule has 1 N–H and O–H groups in total. The Morgan fingerprint density at radius 2 is 1.70 bits per heavy atom. The van der Waals surface area contributed by atoms with E-state index in [4.69, 9.17) is 0 Å². The molecule has 0 radical (unpaired) electrons. The van der Waals surface area contributed by atoms with Gasteiger partial charge in [0.1, 0.15) is 5.82 Å². The first kappa shape index (κ1) is 21.8. The number of benzene rings is 2. The number of nitrogens with zero attached hydrogens (tertiary/aromatic N) is 1. The van der Waals surface area contributed by atoms with Crippen molar-refractivity contribution in [2.75, 3.05) is 18.4 Å². The fourth-order valence-corrected chi connectivity index (χ4v) is 3.66. The summed E-state index contributed by atoms with van der Waals surface area (Å²) >= 11 is 0. The Hall–Kier alpha value is -2.90. The average Bonchev–Trinajstić information content (AvgIpc) is 2.68. The summed E-state index contributed by atoms with van der Waals surface area (Å²) in [5.41, 5.74) is 0.406. The van der Waals surface area contributed by atoms with Crippen molar-refractivity contribution in [2.45, 2.75) is 32.4 Å². The van der Waals surface area contributed by atoms with Crippen molar-refractivity contribution in [3.8, 4) is 0 Å². The molecule has 0 spiro atoms. The number of anilines is 1. The number of nitrogens with one attached hydrogen (secondary N) is 1. The summed E-state index contributed by atoms with van der Waals surface area (Å²) < 4.78 is 51.8. The Balaban J connectivity index is 1.55. The number of halogens is 4. The third kappa shape index (κ3) is 5.37. The summed E-state index contributed by atoms with van der Waals surface area (Å²) in [7, 11) is 0. The molecule has 1 aliphatic heterocycles. The monoisotopic (exact) mass is 422 g/mol. The van der Waals surface area contributed by atoms with Gasteiger partial charge in [0.05, 0.1) is 5.56 Å². The zero-order chi connectivity index (χ0) is 21.9. The van der Waals surface area contributed by atoms with Crippen LogP contribution in [0.5, 0.6) is 0 Å². The van der Waals surface area contributed by atoms with Gasteiger partial charge in [-0.3, -0.25) is 9.59 Å². The molecule has 8 heteroatoms. The smallest absolute Gasteiger partial charge is 0.339 e. The number of amides is 2. The van der Waals surface area contributed by atoms with Crippen LogP contribution < -0.4 is 5.32 Å². The van der Waals surface area contributed by atoms with E-state index in [0.29, 0.717) is 31.1 Å². The Labute approximate surface area is 171 Å². The Bertz CT molecular complexity index is 918. The van der Waals surface area contributed by atoms with Crippen molar-refractivity contribution < 1.29 is 27.2 Å². The van der Waals surface area contributed by atoms with Crippen LogP contribution in [-0.2, 0) is 17.4 Å². The fraction of sp³-hybridized carbons (Fsp3) is 0.364. The molecule has 0 aliphatic carbocycles. The molecule has 2 amide bonds. The largest absolute Gasteiger partial charge is 0.419 e. The van der Waals surface area contributed by atoms with Crippen molar-refractivity contribution in [1.82, 2.24) is 4.90 Å². The molecule has 2 aromatic rings. The van der Waals surface area contributed by atoms with Crippen molar-refractivity contribution in [1.29, 1.82) is 0 Å². The van der Waals surface area contributed by atoms with Gasteiger partial charge in [-0.05, 0) is 61.1 Å². The molecule has 1 heterocycles. The number of likely N-dealkylation sites (tertiary alicyclic amines) is 1. The van der Waals surface area contributed by atoms with E-state index in [0.717, 1.165) is 36.6 Å². The van der Waals surface area contributed by atoms with Crippen LogP contribution in [0.15, 0.2) is 42.5 Å². The third-order valence-corrected chi connectivity index (χ3v) is 5.22. The second-order valence-electron chi connectivity index (χ2n) is 7.51. The number of piperidine rings is 1. The highest BCUT2D eigenvalue weighted by atomic mass is 19.4. The molecule has 3 rings (SSSR count). The first-order valence-electron chi connectivity index (χ1n) is 9.66. The van der Waals surface area contributed by atoms with Crippen molar-refractivity contribution in [3.05, 3.63) is 65.0 Å². The van der Waals surface area contributed by atoms with Crippen LogP contribution >= 0.6 is 0 Å². The first-order valence-corrected chi connectivity index (χ1v) is 9.66. The lowest BCUT2D eigenvalue weighted by molar-refractivity contribution is -0.140. The van der Waals surface area contributed by atoms with Gasteiger partial charge in [-0.15, -0.1) is 0 Å². The fourth-order valence-electron chi connectivity index (χ4n) is 3.66. The molecule has 1 saturated heterocycles. The highest BCUT2D eigenvalue weighted by Crippen LogP contribution is 2.32. The Morgan fingerprint density at radius 3 is 2.23 bits per heavy atom. The number of rotatable bonds is 4. The molecular formula is C22H22F4N2O2. The predicted molar refractivity (Wildman–Crippen MR) is 104 cm³/mol. The number of hydrogen-bond acceptors (Lipinski definition) is 2. The van der Waals surface area contributed by atoms with E-state index in [-0.39, 0.29) is 11.5 Å². The molecule has 0 aromatic heterocycles. The van der Waals surface area contributed by atoms with E-state index in [9.17, 15) is 27.2 Å². The summed E-state index contributed by atoms with van der Waals surface area (Å²) in [5, 5.41) is 2.71. The van der Waals surface area contributed by atoms with Crippen LogP contribution in [0.25, 0.3) is 0 Å². The molecule has 0 saturated carbocycles. The highest BCUT2D eigenvalue weighted by molar-refractivity contribution is 5.94. The van der Waals surface area contributed by atoms with Crippen molar-refractivity contribution in [2.24, 2.45) is 5.92 Å². The molecule has 4 nitrogen and oxygen atoms in total. The van der Waals surface area contributed by atoms with E-state index < -0.39 is 23.5 Å². The lowest BCUT2D eigenvalue weighted by Gasteiger charge is -2.32. The Morgan fingerprint density at radius 1 is 1.07 bits per heavy atom. The minimum absolute atomic E-state index is 0.0764. The Kier molecular flexibility index (Phi) is 6.43. The maximum absolute atomic E-state index is 13.8. The van der Waals surface area contributed by atoms with E-state index in [1.54, 1.807) is 4.90 Å². The summed E-state index contributed by atoms with van der Waals surface area (Å²) in [6.45, 7) is 2.38. The molecule has 30 heavy (non-hydrogen) atoms. The van der Waals surface area contributed by atoms with E-state index in [1.165, 1.54) is 6.92 Å². The quantitative estimate of drug-likeness (QED) is 0.713. The normalized spacial score (nSPS) is 15.2. The predicted octanol–water partition coefficient (Wildman–Crippen LogP) is 4.90. The van der Waals surface area contributed by atoms with Gasteiger partial charge in [0.2, 0.25) is 5.91 Å². The van der Waals surface area contributed by atoms with Gasteiger partial charge < -0.3 is 10.2 Å². The molecule has 0 atom stereocenters. The van der Waals surface area contributed by atoms with Gasteiger partial charge >= 0.3 is 6.18 Å². The summed E-state index contributed by atoms with van der Waals surface area (Å²) in [4.78, 5) is 25.2. The molecule has 2 aromatic carbocycles. The van der Waals surface area contributed by atoms with Crippen molar-refractivity contribution in [3.63, 3.8) is 0 Å². The second-order valence-corrected chi connectivity index (χ2v) is 7.51. The number of carbonyl (C=O) groups is 2. The zero-order valence-electron chi connectivity index (χ0n) is 16.4. The summed E-state index contributed by atoms with van der Waals surface area (Å²) in [6.07, 6.45) is -2.45. The van der Waals surface area contributed by atoms with Gasteiger partial charge in [-0.2, -0.15) is 13.2 Å². The van der Waals surface area contributed by atoms with Gasteiger partial charge in [0.25, 0.3) is 5.91 Å². The maximum atomic E-state index is 13.8. The van der Waals surface area contributed by atoms with Crippen LogP contribution in [0.2, 0.25) is 0 Å². The molecule has 1 fully saturated rings. The maximum Gasteiger partial charge on any atom is 0.419 e. The van der Waals surface area contributed by atoms with Gasteiger partial charge in [0.15, 0.2) is 0 Å². The summed E-state index contributed by atoms with van der Waals surface area (Å²) in [5.74, 6) is -1.66. The van der Waals surface area contributed by atoms with Crippen molar-refractivity contribution >= 4 is 17.5 Å². The third-order valence-electron chi connectivity index (χ3n) is 5.22. The number of hydrogen-bond donors (Lipinski definition) is 1. The van der Waals surface area contributed by atoms with Gasteiger partial charge in [0, 0.05) is 31.3 Å². The first-order chi connectivity index (χ1) is 14.1. The highest BCUT2D eigenvalue weighted by Gasteiger charge is 2.34. The molecule has 1 aliphatic rings. The van der Waals surface area contributed by atoms with E-state index in [2.05, 4.69) is 5.32 Å². The topological polar surface area (TPSA) is 49.4 Å². The zero-order valence-corrected chi connectivity index (χ0v) is 16.4. The SMILES string of the molecule is CC(=O)Nc1ccc(CC2CCN(C(=O)c3ccc(C(F)(F)F)c(F)c3)CC2)cc1. The van der Waals surface area contributed by atoms with Crippen LogP contribution in [0.3, 0.4) is 0 Å². The lowest BCUT2D eigenvalue weighted by atomic mass is 9.90. The second kappa shape index (κ2) is 8.85.